The van der Waals surface area contributed by atoms with E-state index in [1.54, 1.807) is 31.2 Å². The van der Waals surface area contributed by atoms with Crippen LogP contribution in [0.1, 0.15) is 18.1 Å². The number of nitrogens with zero attached hydrogens (tertiary/aromatic N) is 2. The number of fused-ring (bicyclic) bond motifs is 1. The fraction of sp³-hybridized carbons (Fsp3) is 0.200. The molecule has 0 radical (unpaired) electrons. The highest BCUT2D eigenvalue weighted by molar-refractivity contribution is 8.00. The van der Waals surface area contributed by atoms with Crippen LogP contribution in [0.25, 0.3) is 16.6 Å². The summed E-state index contributed by atoms with van der Waals surface area (Å²) in [6, 6.07) is 11.8. The van der Waals surface area contributed by atoms with Gasteiger partial charge in [0.05, 0.1) is 21.8 Å². The molecule has 0 bridgehead atoms. The molecule has 0 saturated carbocycles. The van der Waals surface area contributed by atoms with Crippen LogP contribution >= 0.6 is 11.8 Å². The van der Waals surface area contributed by atoms with Gasteiger partial charge in [-0.15, -0.1) is 0 Å². The summed E-state index contributed by atoms with van der Waals surface area (Å²) in [6.45, 7) is 5.52. The molecule has 0 aliphatic carbocycles. The number of urea groups is 1. The molecule has 0 spiro atoms. The van der Waals surface area contributed by atoms with E-state index in [-0.39, 0.29) is 5.56 Å². The van der Waals surface area contributed by atoms with Gasteiger partial charge in [-0.25, -0.2) is 9.78 Å². The Balaban J connectivity index is 2.20. The third-order valence-electron chi connectivity index (χ3n) is 4.46. The summed E-state index contributed by atoms with van der Waals surface area (Å²) in [6.07, 6.45) is 0. The minimum absolute atomic E-state index is 0.218. The first-order valence-corrected chi connectivity index (χ1v) is 9.53. The number of hydrogen-bond acceptors (Lipinski definition) is 5. The summed E-state index contributed by atoms with van der Waals surface area (Å²) in [5.41, 5.74) is 8.03. The second-order valence-electron chi connectivity index (χ2n) is 6.38. The second-order valence-corrected chi connectivity index (χ2v) is 7.69. The zero-order valence-corrected chi connectivity index (χ0v) is 16.5. The smallest absolute Gasteiger partial charge is 0.318 e. The van der Waals surface area contributed by atoms with Crippen LogP contribution in [0.5, 0.6) is 0 Å². The Morgan fingerprint density at radius 3 is 2.57 bits per heavy atom. The lowest BCUT2D eigenvalue weighted by atomic mass is 10.1. The molecule has 2 aromatic carbocycles. The lowest BCUT2D eigenvalue weighted by Gasteiger charge is -2.18. The number of primary amides is 1. The number of benzene rings is 2. The zero-order valence-electron chi connectivity index (χ0n) is 15.7. The predicted octanol–water partition coefficient (Wildman–Crippen LogP) is 2.68. The van der Waals surface area contributed by atoms with Gasteiger partial charge in [0.2, 0.25) is 5.91 Å². The highest BCUT2D eigenvalue weighted by Crippen LogP contribution is 2.27. The molecule has 3 aromatic rings. The molecule has 0 fully saturated rings. The first kappa shape index (κ1) is 19.6. The van der Waals surface area contributed by atoms with Crippen LogP contribution in [0.15, 0.2) is 52.4 Å². The fourth-order valence-corrected chi connectivity index (χ4v) is 3.74. The molecule has 1 heterocycles. The molecule has 144 valence electrons. The number of nitrogens with one attached hydrogen (secondary N) is 1. The predicted molar refractivity (Wildman–Crippen MR) is 110 cm³/mol. The maximum Gasteiger partial charge on any atom is 0.318 e. The van der Waals surface area contributed by atoms with E-state index in [1.165, 1.54) is 4.57 Å². The maximum absolute atomic E-state index is 13.3. The average Bonchev–Trinajstić information content (AvgIpc) is 2.64. The van der Waals surface area contributed by atoms with Crippen molar-refractivity contribution in [3.05, 3.63) is 63.9 Å². The van der Waals surface area contributed by atoms with Gasteiger partial charge >= 0.3 is 6.03 Å². The summed E-state index contributed by atoms with van der Waals surface area (Å²) in [5, 5.41) is 2.23. The van der Waals surface area contributed by atoms with Gasteiger partial charge in [-0.1, -0.05) is 36.0 Å². The van der Waals surface area contributed by atoms with Crippen LogP contribution in [-0.2, 0) is 4.79 Å². The second kappa shape index (κ2) is 7.85. The van der Waals surface area contributed by atoms with Crippen molar-refractivity contribution in [1.82, 2.24) is 14.9 Å². The van der Waals surface area contributed by atoms with Crippen LogP contribution in [0, 0.1) is 13.8 Å². The Morgan fingerprint density at radius 2 is 1.86 bits per heavy atom. The molecule has 3 amide bonds. The SMILES string of the molecule is Cc1cccc(-n2c(SC(C)C(=O)NC(N)=O)nc3ccccc3c2=O)c1C. The van der Waals surface area contributed by atoms with E-state index >= 15 is 0 Å². The van der Waals surface area contributed by atoms with Crippen LogP contribution < -0.4 is 16.6 Å². The largest absolute Gasteiger partial charge is 0.351 e. The van der Waals surface area contributed by atoms with Crippen molar-refractivity contribution in [2.24, 2.45) is 5.73 Å². The van der Waals surface area contributed by atoms with Gasteiger partial charge in [0.1, 0.15) is 0 Å². The molecule has 3 rings (SSSR count). The number of amides is 3. The van der Waals surface area contributed by atoms with Gasteiger partial charge in [-0.05, 0) is 50.1 Å². The van der Waals surface area contributed by atoms with Gasteiger partial charge in [0.15, 0.2) is 5.16 Å². The van der Waals surface area contributed by atoms with Crippen molar-refractivity contribution >= 4 is 34.6 Å². The lowest BCUT2D eigenvalue weighted by molar-refractivity contribution is -0.119. The third kappa shape index (κ3) is 3.77. The van der Waals surface area contributed by atoms with Gasteiger partial charge in [-0.2, -0.15) is 0 Å². The Hall–Kier alpha value is -3.13. The van der Waals surface area contributed by atoms with E-state index in [0.717, 1.165) is 22.9 Å². The molecule has 28 heavy (non-hydrogen) atoms. The normalized spacial score (nSPS) is 12.0. The number of carbonyl (C=O) groups is 2. The van der Waals surface area contributed by atoms with Crippen LogP contribution in [-0.4, -0.2) is 26.7 Å². The standard InChI is InChI=1S/C20H20N4O3S/c1-11-7-6-10-16(12(11)2)24-18(26)14-8-4-5-9-15(14)22-20(24)28-13(3)17(25)23-19(21)27/h4-10,13H,1-3H3,(H3,21,23,25,27). The molecule has 0 aliphatic heterocycles. The molecule has 1 unspecified atom stereocenters. The molecular weight excluding hydrogens is 376 g/mol. The summed E-state index contributed by atoms with van der Waals surface area (Å²) in [7, 11) is 0. The van der Waals surface area contributed by atoms with E-state index in [2.05, 4.69) is 10.3 Å². The minimum atomic E-state index is -0.921. The van der Waals surface area contributed by atoms with Crippen molar-refractivity contribution in [3.63, 3.8) is 0 Å². The van der Waals surface area contributed by atoms with E-state index in [9.17, 15) is 14.4 Å². The summed E-state index contributed by atoms with van der Waals surface area (Å²) in [5.74, 6) is -0.549. The third-order valence-corrected chi connectivity index (χ3v) is 5.51. The van der Waals surface area contributed by atoms with Crippen molar-refractivity contribution in [2.75, 3.05) is 0 Å². The van der Waals surface area contributed by atoms with Gasteiger partial charge in [0.25, 0.3) is 5.56 Å². The van der Waals surface area contributed by atoms with Crippen LogP contribution in [0.4, 0.5) is 4.79 Å². The zero-order chi connectivity index (χ0) is 20.4. The monoisotopic (exact) mass is 396 g/mol. The molecule has 7 nitrogen and oxygen atoms in total. The molecule has 0 aliphatic rings. The number of aromatic nitrogens is 2. The Labute approximate surface area is 166 Å². The summed E-state index contributed by atoms with van der Waals surface area (Å²) < 4.78 is 1.52. The van der Waals surface area contributed by atoms with Crippen molar-refractivity contribution in [1.29, 1.82) is 0 Å². The first-order valence-electron chi connectivity index (χ1n) is 8.65. The average molecular weight is 396 g/mol. The first-order chi connectivity index (χ1) is 13.3. The number of thioether (sulfide) groups is 1. The fourth-order valence-electron chi connectivity index (χ4n) is 2.82. The molecule has 1 atom stereocenters. The van der Waals surface area contributed by atoms with Gasteiger partial charge < -0.3 is 5.73 Å². The van der Waals surface area contributed by atoms with Crippen molar-refractivity contribution in [2.45, 2.75) is 31.2 Å². The number of rotatable bonds is 4. The van der Waals surface area contributed by atoms with Gasteiger partial charge in [-0.3, -0.25) is 19.5 Å². The van der Waals surface area contributed by atoms with E-state index < -0.39 is 17.2 Å². The number of hydrogen-bond donors (Lipinski definition) is 2. The summed E-state index contributed by atoms with van der Waals surface area (Å²) >= 11 is 1.09. The van der Waals surface area contributed by atoms with Crippen LogP contribution in [0.2, 0.25) is 0 Å². The number of aryl methyl sites for hydroxylation is 1. The molecule has 8 heteroatoms. The molecule has 1 aromatic heterocycles. The number of carbonyl (C=O) groups excluding carboxylic acids is 2. The topological polar surface area (TPSA) is 107 Å². The number of para-hydroxylation sites is 1. The lowest BCUT2D eigenvalue weighted by Crippen LogP contribution is -2.39. The molecular formula is C20H20N4O3S. The highest BCUT2D eigenvalue weighted by Gasteiger charge is 2.21. The van der Waals surface area contributed by atoms with Crippen molar-refractivity contribution in [3.8, 4) is 5.69 Å². The Kier molecular flexibility index (Phi) is 5.51. The minimum Gasteiger partial charge on any atom is -0.351 e. The van der Waals surface area contributed by atoms with E-state index in [0.29, 0.717) is 21.7 Å². The van der Waals surface area contributed by atoms with E-state index in [4.69, 9.17) is 5.73 Å². The molecule has 3 N–H and O–H groups in total. The quantitative estimate of drug-likeness (QED) is 0.521. The van der Waals surface area contributed by atoms with Crippen LogP contribution in [0.3, 0.4) is 0 Å². The molecule has 0 saturated heterocycles. The summed E-state index contributed by atoms with van der Waals surface area (Å²) in [4.78, 5) is 41.0. The Bertz CT molecular complexity index is 1140. The van der Waals surface area contributed by atoms with Crippen molar-refractivity contribution < 1.29 is 9.59 Å². The van der Waals surface area contributed by atoms with Gasteiger partial charge in [0, 0.05) is 0 Å². The highest BCUT2D eigenvalue weighted by atomic mass is 32.2. The number of imide groups is 1. The Morgan fingerprint density at radius 1 is 1.14 bits per heavy atom. The number of nitrogens with two attached hydrogens (primary N) is 1. The van der Waals surface area contributed by atoms with E-state index in [1.807, 2.05) is 32.0 Å². The maximum atomic E-state index is 13.3.